The standard InChI is InChI=1S/C26H28N2O10/c1-6-38-22-11-16(10-19(24(22)29)28(32)33)23-17(25(30)36-4)13-27(14-18(23)26(31)37-5)12-15-7-8-20(34-2)21(9-15)35-3/h7-11,13-14,23,29H,6,12H2,1-5H3/p-1. The molecule has 202 valence electrons. The van der Waals surface area contributed by atoms with Crippen molar-refractivity contribution in [2.45, 2.75) is 19.4 Å². The molecule has 0 saturated carbocycles. The van der Waals surface area contributed by atoms with Gasteiger partial charge in [0.1, 0.15) is 5.75 Å². The van der Waals surface area contributed by atoms with E-state index in [4.69, 9.17) is 23.7 Å². The third-order valence-corrected chi connectivity index (χ3v) is 5.77. The van der Waals surface area contributed by atoms with Gasteiger partial charge in [0.25, 0.3) is 5.69 Å². The molecule has 0 unspecified atom stereocenters. The predicted molar refractivity (Wildman–Crippen MR) is 132 cm³/mol. The van der Waals surface area contributed by atoms with Crippen molar-refractivity contribution in [1.82, 2.24) is 4.90 Å². The van der Waals surface area contributed by atoms with Crippen LogP contribution in [0.1, 0.15) is 24.0 Å². The van der Waals surface area contributed by atoms with Gasteiger partial charge in [-0.2, -0.15) is 0 Å². The number of benzene rings is 2. The van der Waals surface area contributed by atoms with Crippen molar-refractivity contribution < 1.29 is 43.3 Å². The summed E-state index contributed by atoms with van der Waals surface area (Å²) >= 11 is 0. The third kappa shape index (κ3) is 5.64. The van der Waals surface area contributed by atoms with E-state index in [9.17, 15) is 24.8 Å². The summed E-state index contributed by atoms with van der Waals surface area (Å²) in [4.78, 5) is 38.2. The Kier molecular flexibility index (Phi) is 8.79. The summed E-state index contributed by atoms with van der Waals surface area (Å²) in [6, 6.07) is 7.55. The molecule has 0 radical (unpaired) electrons. The molecule has 0 atom stereocenters. The summed E-state index contributed by atoms with van der Waals surface area (Å²) < 4.78 is 25.9. The van der Waals surface area contributed by atoms with Gasteiger partial charge in [-0.1, -0.05) is 6.07 Å². The van der Waals surface area contributed by atoms with Crippen LogP contribution in [-0.4, -0.2) is 56.8 Å². The summed E-state index contributed by atoms with van der Waals surface area (Å²) in [5.41, 5.74) is 0.0931. The topological polar surface area (TPSA) is 150 Å². The highest BCUT2D eigenvalue weighted by Crippen LogP contribution is 2.43. The lowest BCUT2D eigenvalue weighted by Crippen LogP contribution is -2.28. The Morgan fingerprint density at radius 1 is 0.921 bits per heavy atom. The first-order valence-electron chi connectivity index (χ1n) is 11.4. The van der Waals surface area contributed by atoms with Crippen LogP contribution in [-0.2, 0) is 25.6 Å². The maximum Gasteiger partial charge on any atom is 0.336 e. The van der Waals surface area contributed by atoms with E-state index in [1.54, 1.807) is 30.0 Å². The molecule has 0 spiro atoms. The number of carbonyl (C=O) groups excluding carboxylic acids is 2. The smallest absolute Gasteiger partial charge is 0.336 e. The fourth-order valence-electron chi connectivity index (χ4n) is 4.10. The Morgan fingerprint density at radius 3 is 2.03 bits per heavy atom. The van der Waals surface area contributed by atoms with Crippen molar-refractivity contribution in [1.29, 1.82) is 0 Å². The minimum atomic E-state index is -1.14. The molecule has 12 nitrogen and oxygen atoms in total. The Labute approximate surface area is 218 Å². The molecule has 0 aliphatic carbocycles. The van der Waals surface area contributed by atoms with Gasteiger partial charge in [-0.25, -0.2) is 9.59 Å². The molecule has 0 aromatic heterocycles. The zero-order valence-corrected chi connectivity index (χ0v) is 21.5. The molecular weight excluding hydrogens is 500 g/mol. The van der Waals surface area contributed by atoms with Crippen molar-refractivity contribution in [3.05, 3.63) is 75.1 Å². The Hall–Kier alpha value is -4.74. The van der Waals surface area contributed by atoms with Crippen LogP contribution in [0.4, 0.5) is 5.69 Å². The van der Waals surface area contributed by atoms with Crippen molar-refractivity contribution in [3.63, 3.8) is 0 Å². The zero-order chi connectivity index (χ0) is 28.0. The Morgan fingerprint density at radius 2 is 1.53 bits per heavy atom. The normalized spacial score (nSPS) is 13.2. The highest BCUT2D eigenvalue weighted by Gasteiger charge is 2.36. The van der Waals surface area contributed by atoms with E-state index in [0.717, 1.165) is 11.6 Å². The second kappa shape index (κ2) is 12.0. The second-order valence-corrected chi connectivity index (χ2v) is 8.00. The van der Waals surface area contributed by atoms with Crippen LogP contribution in [0.25, 0.3) is 0 Å². The number of rotatable bonds is 10. The van der Waals surface area contributed by atoms with Gasteiger partial charge in [-0.3, -0.25) is 10.1 Å². The van der Waals surface area contributed by atoms with Gasteiger partial charge in [-0.15, -0.1) is 0 Å². The molecule has 0 fully saturated rings. The van der Waals surface area contributed by atoms with Crippen LogP contribution in [0.5, 0.6) is 23.0 Å². The Balaban J connectivity index is 2.17. The molecule has 0 saturated heterocycles. The van der Waals surface area contributed by atoms with E-state index < -0.39 is 34.2 Å². The molecule has 2 aromatic rings. The molecule has 0 bridgehead atoms. The SMILES string of the molecule is CCOc1cc(C2C(C(=O)OC)=CN(Cc3ccc(OC)c(OC)c3)C=C2C(=O)OC)cc([N+](=O)[O-])c1[O-]. The maximum absolute atomic E-state index is 12.9. The first-order valence-corrected chi connectivity index (χ1v) is 11.4. The van der Waals surface area contributed by atoms with Crippen molar-refractivity contribution in [2.24, 2.45) is 0 Å². The quantitative estimate of drug-likeness (QED) is 0.255. The van der Waals surface area contributed by atoms with Crippen molar-refractivity contribution >= 4 is 17.6 Å². The van der Waals surface area contributed by atoms with E-state index in [0.29, 0.717) is 11.5 Å². The number of nitro groups is 1. The first-order chi connectivity index (χ1) is 18.2. The van der Waals surface area contributed by atoms with Crippen LogP contribution >= 0.6 is 0 Å². The lowest BCUT2D eigenvalue weighted by molar-refractivity contribution is -0.398. The molecule has 3 rings (SSSR count). The number of hydrogen-bond acceptors (Lipinski definition) is 11. The van der Waals surface area contributed by atoms with E-state index in [1.807, 2.05) is 0 Å². The largest absolute Gasteiger partial charge is 0.865 e. The van der Waals surface area contributed by atoms with Gasteiger partial charge in [0.2, 0.25) is 0 Å². The van der Waals surface area contributed by atoms with Gasteiger partial charge in [0.15, 0.2) is 11.5 Å². The molecule has 1 aliphatic rings. The summed E-state index contributed by atoms with van der Waals surface area (Å²) in [6.07, 6.45) is 2.94. The number of nitrogens with zero attached hydrogens (tertiary/aromatic N) is 2. The lowest BCUT2D eigenvalue weighted by Gasteiger charge is -2.30. The van der Waals surface area contributed by atoms with Crippen LogP contribution in [0.3, 0.4) is 0 Å². The fraction of sp³-hybridized carbons (Fsp3) is 0.308. The van der Waals surface area contributed by atoms with Gasteiger partial charge in [-0.05, 0) is 36.2 Å². The zero-order valence-electron chi connectivity index (χ0n) is 21.5. The third-order valence-electron chi connectivity index (χ3n) is 5.77. The monoisotopic (exact) mass is 527 g/mol. The second-order valence-electron chi connectivity index (χ2n) is 8.00. The number of nitro benzene ring substituents is 1. The van der Waals surface area contributed by atoms with Crippen LogP contribution in [0, 0.1) is 10.1 Å². The first kappa shape index (κ1) is 27.8. The lowest BCUT2D eigenvalue weighted by atomic mass is 9.82. The fourth-order valence-corrected chi connectivity index (χ4v) is 4.10. The average Bonchev–Trinajstić information content (AvgIpc) is 2.92. The summed E-state index contributed by atoms with van der Waals surface area (Å²) in [6.45, 7) is 1.89. The number of ether oxygens (including phenoxy) is 5. The summed E-state index contributed by atoms with van der Waals surface area (Å²) in [5.74, 6) is -2.89. The van der Waals surface area contributed by atoms with E-state index >= 15 is 0 Å². The van der Waals surface area contributed by atoms with E-state index in [2.05, 4.69) is 0 Å². The molecule has 0 N–H and O–H groups in total. The summed E-state index contributed by atoms with van der Waals surface area (Å²) in [5, 5.41) is 24.1. The van der Waals surface area contributed by atoms with Gasteiger partial charge in [0.05, 0.1) is 57.0 Å². The van der Waals surface area contributed by atoms with Crippen molar-refractivity contribution in [3.8, 4) is 23.0 Å². The number of esters is 2. The van der Waals surface area contributed by atoms with Crippen molar-refractivity contribution in [2.75, 3.05) is 35.0 Å². The number of carbonyl (C=O) groups is 2. The minimum absolute atomic E-state index is 0.00808. The molecule has 38 heavy (non-hydrogen) atoms. The van der Waals surface area contributed by atoms with Gasteiger partial charge >= 0.3 is 11.9 Å². The van der Waals surface area contributed by atoms with Gasteiger partial charge in [0, 0.05) is 30.8 Å². The average molecular weight is 528 g/mol. The predicted octanol–water partition coefficient (Wildman–Crippen LogP) is 2.80. The summed E-state index contributed by atoms with van der Waals surface area (Å²) in [7, 11) is 5.36. The van der Waals surface area contributed by atoms with E-state index in [1.165, 1.54) is 46.9 Å². The molecule has 1 heterocycles. The maximum atomic E-state index is 12.9. The van der Waals surface area contributed by atoms with Crippen LogP contribution < -0.4 is 19.3 Å². The highest BCUT2D eigenvalue weighted by molar-refractivity contribution is 5.98. The number of hydrogen-bond donors (Lipinski definition) is 0. The van der Waals surface area contributed by atoms with Crippen LogP contribution in [0.2, 0.25) is 0 Å². The van der Waals surface area contributed by atoms with E-state index in [-0.39, 0.29) is 35.6 Å². The van der Waals surface area contributed by atoms with Gasteiger partial charge < -0.3 is 33.7 Å². The molecular formula is C26H27N2O10-. The van der Waals surface area contributed by atoms with Crippen LogP contribution in [0.15, 0.2) is 53.9 Å². The minimum Gasteiger partial charge on any atom is -0.865 e. The molecule has 1 aliphatic heterocycles. The molecule has 2 aromatic carbocycles. The molecule has 0 amide bonds. The number of methoxy groups -OCH3 is 4. The highest BCUT2D eigenvalue weighted by atomic mass is 16.6. The molecule has 12 heteroatoms. The Bertz CT molecular complexity index is 1270.